The molecule has 2 aromatic carbocycles. The molecule has 8 heteroatoms. The number of hydrogen-bond donors (Lipinski definition) is 2. The molecule has 0 aliphatic carbocycles. The van der Waals surface area contributed by atoms with Crippen LogP contribution in [0, 0.1) is 5.82 Å². The van der Waals surface area contributed by atoms with Crippen molar-refractivity contribution in [2.24, 2.45) is 0 Å². The highest BCUT2D eigenvalue weighted by atomic mass is 35.5. The highest BCUT2D eigenvalue weighted by Crippen LogP contribution is 2.20. The molecule has 0 unspecified atom stereocenters. The largest absolute Gasteiger partial charge is 0.467 e. The number of hydrogen-bond acceptors (Lipinski definition) is 5. The third-order valence-electron chi connectivity index (χ3n) is 3.72. The Bertz CT molecular complexity index is 976. The van der Waals surface area contributed by atoms with Crippen molar-refractivity contribution < 1.29 is 23.1 Å². The van der Waals surface area contributed by atoms with Gasteiger partial charge in [-0.2, -0.15) is 0 Å². The maximum absolute atomic E-state index is 13.7. The quantitative estimate of drug-likeness (QED) is 0.569. The second-order valence-electron chi connectivity index (χ2n) is 5.73. The second kappa shape index (κ2) is 9.05. The minimum atomic E-state index is -0.690. The summed E-state index contributed by atoms with van der Waals surface area (Å²) in [5.41, 5.74) is 0.704. The van der Waals surface area contributed by atoms with Gasteiger partial charge in [0.05, 0.1) is 24.1 Å². The van der Waals surface area contributed by atoms with Gasteiger partial charge in [0.15, 0.2) is 6.61 Å². The molecule has 1 amide bonds. The molecule has 0 fully saturated rings. The van der Waals surface area contributed by atoms with Gasteiger partial charge in [-0.15, -0.1) is 0 Å². The summed E-state index contributed by atoms with van der Waals surface area (Å²) in [6.07, 6.45) is 1.55. The molecule has 1 heterocycles. The van der Waals surface area contributed by atoms with Gasteiger partial charge in [-0.25, -0.2) is 9.18 Å². The van der Waals surface area contributed by atoms with E-state index in [1.54, 1.807) is 42.7 Å². The number of halogens is 2. The molecular formula is C20H16ClFN2O4. The first kappa shape index (κ1) is 19.4. The lowest BCUT2D eigenvalue weighted by molar-refractivity contribution is -0.119. The normalized spacial score (nSPS) is 10.4. The average molecular weight is 403 g/mol. The molecule has 0 aliphatic heterocycles. The van der Waals surface area contributed by atoms with Gasteiger partial charge in [0.1, 0.15) is 11.6 Å². The Morgan fingerprint density at radius 1 is 1.07 bits per heavy atom. The zero-order chi connectivity index (χ0) is 19.9. The van der Waals surface area contributed by atoms with Crippen LogP contribution in [0.5, 0.6) is 0 Å². The fraction of sp³-hybridized carbons (Fsp3) is 0.100. The zero-order valence-electron chi connectivity index (χ0n) is 14.6. The summed E-state index contributed by atoms with van der Waals surface area (Å²) in [4.78, 5) is 24.3. The first-order valence-corrected chi connectivity index (χ1v) is 8.68. The van der Waals surface area contributed by atoms with Crippen molar-refractivity contribution in [3.05, 3.63) is 83.0 Å². The highest BCUT2D eigenvalue weighted by Gasteiger charge is 2.15. The number of benzene rings is 2. The molecule has 3 rings (SSSR count). The van der Waals surface area contributed by atoms with E-state index >= 15 is 0 Å². The summed E-state index contributed by atoms with van der Waals surface area (Å²) in [5.74, 6) is -1.32. The van der Waals surface area contributed by atoms with E-state index in [-0.39, 0.29) is 16.3 Å². The van der Waals surface area contributed by atoms with Crippen LogP contribution in [-0.4, -0.2) is 18.5 Å². The van der Waals surface area contributed by atoms with Crippen LogP contribution in [-0.2, 0) is 16.1 Å². The van der Waals surface area contributed by atoms with Crippen molar-refractivity contribution in [3.63, 3.8) is 0 Å². The third kappa shape index (κ3) is 5.11. The highest BCUT2D eigenvalue weighted by molar-refractivity contribution is 6.30. The molecule has 0 atom stereocenters. The van der Waals surface area contributed by atoms with Crippen LogP contribution in [0.15, 0.2) is 65.3 Å². The molecule has 0 saturated heterocycles. The molecule has 2 N–H and O–H groups in total. The number of esters is 1. The lowest BCUT2D eigenvalue weighted by Crippen LogP contribution is -2.22. The first-order valence-electron chi connectivity index (χ1n) is 8.30. The summed E-state index contributed by atoms with van der Waals surface area (Å²) in [6.45, 7) is -0.191. The summed E-state index contributed by atoms with van der Waals surface area (Å²) < 4.78 is 23.9. The average Bonchev–Trinajstić information content (AvgIpc) is 3.21. The molecule has 0 radical (unpaired) electrons. The van der Waals surface area contributed by atoms with Gasteiger partial charge in [-0.05, 0) is 42.5 Å². The number of carbonyl (C=O) groups excluding carboxylic acids is 2. The zero-order valence-corrected chi connectivity index (χ0v) is 15.3. The molecule has 28 heavy (non-hydrogen) atoms. The second-order valence-corrected chi connectivity index (χ2v) is 6.16. The molecule has 3 aromatic rings. The Morgan fingerprint density at radius 3 is 2.68 bits per heavy atom. The smallest absolute Gasteiger partial charge is 0.340 e. The van der Waals surface area contributed by atoms with E-state index in [1.165, 1.54) is 12.1 Å². The van der Waals surface area contributed by atoms with Crippen LogP contribution in [0.4, 0.5) is 15.8 Å². The molecule has 0 spiro atoms. The Kier molecular flexibility index (Phi) is 6.29. The number of rotatable bonds is 7. The van der Waals surface area contributed by atoms with Gasteiger partial charge in [0, 0.05) is 10.7 Å². The van der Waals surface area contributed by atoms with E-state index in [9.17, 15) is 14.0 Å². The predicted molar refractivity (Wildman–Crippen MR) is 103 cm³/mol. The standard InChI is InChI=1S/C20H16ClFN2O4/c21-13-7-8-16(22)18(10-13)24-19(25)12-28-20(26)15-5-1-2-6-17(15)23-11-14-4-3-9-27-14/h1-10,23H,11-12H2,(H,24,25). The summed E-state index contributed by atoms with van der Waals surface area (Å²) in [5, 5.41) is 5.66. The van der Waals surface area contributed by atoms with Crippen LogP contribution in [0.2, 0.25) is 5.02 Å². The molecule has 6 nitrogen and oxygen atoms in total. The molecule has 0 aliphatic rings. The van der Waals surface area contributed by atoms with Crippen molar-refractivity contribution >= 4 is 34.9 Å². The first-order chi connectivity index (χ1) is 13.5. The fourth-order valence-corrected chi connectivity index (χ4v) is 2.57. The van der Waals surface area contributed by atoms with E-state index in [4.69, 9.17) is 20.8 Å². The van der Waals surface area contributed by atoms with Gasteiger partial charge in [-0.1, -0.05) is 23.7 Å². The van der Waals surface area contributed by atoms with E-state index in [0.717, 1.165) is 6.07 Å². The minimum absolute atomic E-state index is 0.0888. The minimum Gasteiger partial charge on any atom is -0.467 e. The Hall–Kier alpha value is -3.32. The number of carbonyl (C=O) groups is 2. The Balaban J connectivity index is 1.58. The maximum atomic E-state index is 13.7. The fourth-order valence-electron chi connectivity index (χ4n) is 2.40. The van der Waals surface area contributed by atoms with Crippen LogP contribution >= 0.6 is 11.6 Å². The maximum Gasteiger partial charge on any atom is 0.340 e. The number of para-hydroxylation sites is 1. The monoisotopic (exact) mass is 402 g/mol. The van der Waals surface area contributed by atoms with Gasteiger partial charge in [-0.3, -0.25) is 4.79 Å². The predicted octanol–water partition coefficient (Wildman–Crippen LogP) is 4.48. The number of ether oxygens (including phenoxy) is 1. The number of furan rings is 1. The molecule has 0 saturated carbocycles. The Labute approximate surface area is 165 Å². The molecular weight excluding hydrogens is 387 g/mol. The van der Waals surface area contributed by atoms with Crippen LogP contribution < -0.4 is 10.6 Å². The van der Waals surface area contributed by atoms with Gasteiger partial charge >= 0.3 is 5.97 Å². The number of amides is 1. The molecule has 0 bridgehead atoms. The SMILES string of the molecule is O=C(COC(=O)c1ccccc1NCc1ccco1)Nc1cc(Cl)ccc1F. The summed E-state index contributed by atoms with van der Waals surface area (Å²) >= 11 is 5.77. The van der Waals surface area contributed by atoms with Crippen molar-refractivity contribution in [1.29, 1.82) is 0 Å². The van der Waals surface area contributed by atoms with E-state index < -0.39 is 24.3 Å². The third-order valence-corrected chi connectivity index (χ3v) is 3.95. The lowest BCUT2D eigenvalue weighted by Gasteiger charge is -2.11. The molecule has 144 valence electrons. The lowest BCUT2D eigenvalue weighted by atomic mass is 10.2. The van der Waals surface area contributed by atoms with E-state index in [1.807, 2.05) is 0 Å². The van der Waals surface area contributed by atoms with Gasteiger partial charge in [0.25, 0.3) is 5.91 Å². The van der Waals surface area contributed by atoms with Crippen molar-refractivity contribution in [3.8, 4) is 0 Å². The van der Waals surface area contributed by atoms with Crippen LogP contribution in [0.25, 0.3) is 0 Å². The van der Waals surface area contributed by atoms with Crippen molar-refractivity contribution in [2.75, 3.05) is 17.2 Å². The van der Waals surface area contributed by atoms with Crippen molar-refractivity contribution in [2.45, 2.75) is 6.54 Å². The van der Waals surface area contributed by atoms with Gasteiger partial charge < -0.3 is 19.8 Å². The Morgan fingerprint density at radius 2 is 1.89 bits per heavy atom. The van der Waals surface area contributed by atoms with E-state index in [2.05, 4.69) is 10.6 Å². The van der Waals surface area contributed by atoms with Crippen LogP contribution in [0.1, 0.15) is 16.1 Å². The molecule has 1 aromatic heterocycles. The topological polar surface area (TPSA) is 80.6 Å². The summed E-state index contributed by atoms with van der Waals surface area (Å²) in [7, 11) is 0. The van der Waals surface area contributed by atoms with Crippen LogP contribution in [0.3, 0.4) is 0 Å². The van der Waals surface area contributed by atoms with Crippen molar-refractivity contribution in [1.82, 2.24) is 0 Å². The number of nitrogens with one attached hydrogen (secondary N) is 2. The van der Waals surface area contributed by atoms with Gasteiger partial charge in [0.2, 0.25) is 0 Å². The number of anilines is 2. The summed E-state index contributed by atoms with van der Waals surface area (Å²) in [6, 6.07) is 14.0. The van der Waals surface area contributed by atoms with E-state index in [0.29, 0.717) is 18.0 Å².